The fourth-order valence-corrected chi connectivity index (χ4v) is 4.61. The lowest BCUT2D eigenvalue weighted by molar-refractivity contribution is 0.178. The van der Waals surface area contributed by atoms with E-state index in [4.69, 9.17) is 5.73 Å². The van der Waals surface area contributed by atoms with Crippen molar-refractivity contribution in [3.8, 4) is 0 Å². The van der Waals surface area contributed by atoms with Crippen LogP contribution in [0.25, 0.3) is 0 Å². The van der Waals surface area contributed by atoms with E-state index in [0.717, 1.165) is 12.5 Å². The number of nitrogens with two attached hydrogens (primary N) is 1. The Hall–Kier alpha value is 0.270. The molecule has 0 aromatic heterocycles. The normalized spacial score (nSPS) is 39.4. The van der Waals surface area contributed by atoms with Crippen LogP contribution in [0, 0.1) is 11.3 Å². The minimum Gasteiger partial charge on any atom is -0.330 e. The molecule has 2 aliphatic heterocycles. The third kappa shape index (κ3) is 1.95. The maximum Gasteiger partial charge on any atom is 0.00460 e. The van der Waals surface area contributed by atoms with Gasteiger partial charge < -0.3 is 10.6 Å². The molecule has 3 heteroatoms. The van der Waals surface area contributed by atoms with Crippen LogP contribution in [0.1, 0.15) is 19.3 Å². The predicted molar refractivity (Wildman–Crippen MR) is 63.7 cm³/mol. The van der Waals surface area contributed by atoms with Crippen LogP contribution >= 0.6 is 11.8 Å². The third-order valence-electron chi connectivity index (χ3n) is 3.96. The van der Waals surface area contributed by atoms with Gasteiger partial charge in [-0.2, -0.15) is 11.8 Å². The Kier molecular flexibility index (Phi) is 3.40. The van der Waals surface area contributed by atoms with Crippen LogP contribution in [-0.4, -0.2) is 43.1 Å². The van der Waals surface area contributed by atoms with Crippen LogP contribution in [0.15, 0.2) is 0 Å². The minimum atomic E-state index is 0.622. The highest BCUT2D eigenvalue weighted by Crippen LogP contribution is 2.46. The number of likely N-dealkylation sites (tertiary alicyclic amines) is 1. The first kappa shape index (κ1) is 10.8. The second kappa shape index (κ2) is 4.42. The van der Waals surface area contributed by atoms with E-state index in [1.807, 2.05) is 0 Å². The minimum absolute atomic E-state index is 0.622. The van der Waals surface area contributed by atoms with Crippen molar-refractivity contribution in [2.45, 2.75) is 19.3 Å². The van der Waals surface area contributed by atoms with Crippen molar-refractivity contribution in [2.24, 2.45) is 17.1 Å². The topological polar surface area (TPSA) is 29.3 Å². The largest absolute Gasteiger partial charge is 0.330 e. The van der Waals surface area contributed by atoms with Gasteiger partial charge in [-0.1, -0.05) is 0 Å². The Balaban J connectivity index is 2.05. The van der Waals surface area contributed by atoms with Crippen LogP contribution in [0.4, 0.5) is 0 Å². The highest BCUT2D eigenvalue weighted by atomic mass is 32.2. The molecule has 2 heterocycles. The summed E-state index contributed by atoms with van der Waals surface area (Å²) >= 11 is 2.16. The molecule has 2 aliphatic rings. The first-order valence-electron chi connectivity index (χ1n) is 5.73. The van der Waals surface area contributed by atoms with Gasteiger partial charge in [-0.3, -0.25) is 0 Å². The van der Waals surface area contributed by atoms with Crippen molar-refractivity contribution in [2.75, 3.05) is 38.2 Å². The van der Waals surface area contributed by atoms with E-state index < -0.39 is 0 Å². The fourth-order valence-electron chi connectivity index (χ4n) is 3.14. The fraction of sp³-hybridized carbons (Fsp3) is 1.00. The lowest BCUT2D eigenvalue weighted by Crippen LogP contribution is -2.40. The van der Waals surface area contributed by atoms with Gasteiger partial charge in [0.1, 0.15) is 0 Å². The molecule has 2 saturated heterocycles. The molecule has 2 fully saturated rings. The van der Waals surface area contributed by atoms with Gasteiger partial charge >= 0.3 is 0 Å². The van der Waals surface area contributed by atoms with E-state index in [0.29, 0.717) is 5.41 Å². The summed E-state index contributed by atoms with van der Waals surface area (Å²) in [6.07, 6.45) is 4.05. The van der Waals surface area contributed by atoms with Crippen molar-refractivity contribution in [1.82, 2.24) is 4.90 Å². The summed E-state index contributed by atoms with van der Waals surface area (Å²) in [5.41, 5.74) is 6.35. The van der Waals surface area contributed by atoms with Gasteiger partial charge in [0.05, 0.1) is 0 Å². The lowest BCUT2D eigenvalue weighted by Gasteiger charge is -2.41. The van der Waals surface area contributed by atoms with Crippen LogP contribution in [0.3, 0.4) is 0 Å². The number of hydrogen-bond donors (Lipinski definition) is 1. The summed E-state index contributed by atoms with van der Waals surface area (Å²) in [4.78, 5) is 2.50. The Morgan fingerprint density at radius 3 is 3.07 bits per heavy atom. The average molecular weight is 214 g/mol. The van der Waals surface area contributed by atoms with Gasteiger partial charge in [0, 0.05) is 12.3 Å². The summed E-state index contributed by atoms with van der Waals surface area (Å²) in [6, 6.07) is 0. The maximum absolute atomic E-state index is 5.72. The summed E-state index contributed by atoms with van der Waals surface area (Å²) in [7, 11) is 2.26. The number of hydrogen-bond acceptors (Lipinski definition) is 3. The van der Waals surface area contributed by atoms with Gasteiger partial charge in [0.15, 0.2) is 0 Å². The molecule has 0 aliphatic carbocycles. The molecule has 14 heavy (non-hydrogen) atoms. The molecule has 1 spiro atoms. The molecule has 2 atom stereocenters. The smallest absolute Gasteiger partial charge is 0.00460 e. The molecule has 0 aromatic rings. The van der Waals surface area contributed by atoms with E-state index in [-0.39, 0.29) is 0 Å². The zero-order chi connectivity index (χ0) is 10.0. The molecule has 0 amide bonds. The standard InChI is InChI=1S/C11H22N2S/c1-13-6-4-11(8-13)9-14-7-3-10(11)2-5-12/h10H,2-9,12H2,1H3. The summed E-state index contributed by atoms with van der Waals surface area (Å²) in [5.74, 6) is 3.64. The molecule has 2 unspecified atom stereocenters. The van der Waals surface area contributed by atoms with Gasteiger partial charge in [0.2, 0.25) is 0 Å². The monoisotopic (exact) mass is 214 g/mol. The Morgan fingerprint density at radius 1 is 1.57 bits per heavy atom. The van der Waals surface area contributed by atoms with Gasteiger partial charge in [-0.25, -0.2) is 0 Å². The third-order valence-corrected chi connectivity index (χ3v) is 5.26. The predicted octanol–water partition coefficient (Wildman–Crippen LogP) is 1.41. The first-order valence-corrected chi connectivity index (χ1v) is 6.89. The van der Waals surface area contributed by atoms with Crippen LogP contribution < -0.4 is 5.73 Å². The van der Waals surface area contributed by atoms with Crippen molar-refractivity contribution >= 4 is 11.8 Å². The van der Waals surface area contributed by atoms with Gasteiger partial charge in [0.25, 0.3) is 0 Å². The molecule has 0 bridgehead atoms. The summed E-state index contributed by atoms with van der Waals surface area (Å²) in [5, 5.41) is 0. The van der Waals surface area contributed by atoms with E-state index in [9.17, 15) is 0 Å². The zero-order valence-corrected chi connectivity index (χ0v) is 9.98. The second-order valence-electron chi connectivity index (χ2n) is 4.97. The maximum atomic E-state index is 5.72. The molecule has 2 N–H and O–H groups in total. The Morgan fingerprint density at radius 2 is 2.43 bits per heavy atom. The Bertz CT molecular complexity index is 192. The van der Waals surface area contributed by atoms with Crippen molar-refractivity contribution in [1.29, 1.82) is 0 Å². The summed E-state index contributed by atoms with van der Waals surface area (Å²) in [6.45, 7) is 3.48. The number of thioether (sulfide) groups is 1. The van der Waals surface area contributed by atoms with E-state index in [1.165, 1.54) is 43.9 Å². The van der Waals surface area contributed by atoms with E-state index in [1.54, 1.807) is 0 Å². The van der Waals surface area contributed by atoms with Crippen LogP contribution in [-0.2, 0) is 0 Å². The highest BCUT2D eigenvalue weighted by molar-refractivity contribution is 7.99. The van der Waals surface area contributed by atoms with Crippen molar-refractivity contribution in [3.63, 3.8) is 0 Å². The zero-order valence-electron chi connectivity index (χ0n) is 9.17. The highest BCUT2D eigenvalue weighted by Gasteiger charge is 2.44. The molecule has 0 aromatic carbocycles. The molecule has 82 valence electrons. The number of nitrogens with zero attached hydrogens (tertiary/aromatic N) is 1. The van der Waals surface area contributed by atoms with Crippen molar-refractivity contribution in [3.05, 3.63) is 0 Å². The lowest BCUT2D eigenvalue weighted by atomic mass is 9.73. The quantitative estimate of drug-likeness (QED) is 0.753. The molecule has 0 radical (unpaired) electrons. The second-order valence-corrected chi connectivity index (χ2v) is 6.07. The molecule has 2 rings (SSSR count). The molecular formula is C11H22N2S. The SMILES string of the molecule is CN1CCC2(CSCCC2CCN)C1. The van der Waals surface area contributed by atoms with Crippen LogP contribution in [0.5, 0.6) is 0 Å². The first-order chi connectivity index (χ1) is 6.77. The molecule has 0 saturated carbocycles. The Labute approximate surface area is 91.6 Å². The van der Waals surface area contributed by atoms with Crippen molar-refractivity contribution < 1.29 is 0 Å². The van der Waals surface area contributed by atoms with E-state index in [2.05, 4.69) is 23.7 Å². The average Bonchev–Trinajstić information content (AvgIpc) is 2.53. The van der Waals surface area contributed by atoms with Gasteiger partial charge in [-0.15, -0.1) is 0 Å². The number of rotatable bonds is 2. The van der Waals surface area contributed by atoms with Gasteiger partial charge in [-0.05, 0) is 56.5 Å². The van der Waals surface area contributed by atoms with Crippen LogP contribution in [0.2, 0.25) is 0 Å². The summed E-state index contributed by atoms with van der Waals surface area (Å²) < 4.78 is 0. The molecule has 2 nitrogen and oxygen atoms in total. The molecular weight excluding hydrogens is 192 g/mol. The van der Waals surface area contributed by atoms with E-state index >= 15 is 0 Å².